The van der Waals surface area contributed by atoms with Gasteiger partial charge < -0.3 is 14.2 Å². The summed E-state index contributed by atoms with van der Waals surface area (Å²) < 4.78 is 16.5. The minimum atomic E-state index is -0.365. The van der Waals surface area contributed by atoms with Gasteiger partial charge in [0.1, 0.15) is 17.3 Å². The van der Waals surface area contributed by atoms with E-state index in [1.165, 1.54) is 0 Å². The first-order chi connectivity index (χ1) is 14.9. The summed E-state index contributed by atoms with van der Waals surface area (Å²) in [5, 5.41) is 0. The van der Waals surface area contributed by atoms with Gasteiger partial charge in [0, 0.05) is 50.7 Å². The summed E-state index contributed by atoms with van der Waals surface area (Å²) in [5.41, 5.74) is -0.294. The second-order valence-corrected chi connectivity index (χ2v) is 10.7. The summed E-state index contributed by atoms with van der Waals surface area (Å²) in [6, 6.07) is 0. The predicted octanol–water partition coefficient (Wildman–Crippen LogP) is 5.35. The highest BCUT2D eigenvalue weighted by Gasteiger charge is 2.21. The molecular weight excluding hydrogens is 408 g/mol. The first kappa shape index (κ1) is 30.9. The molecular formula is C26H48O6. The Bertz CT molecular complexity index is 527. The van der Waals surface area contributed by atoms with Crippen LogP contribution in [0.4, 0.5) is 0 Å². The van der Waals surface area contributed by atoms with Crippen LogP contribution in [0, 0.1) is 10.8 Å². The number of hydrogen-bond acceptors (Lipinski definition) is 6. The molecule has 0 saturated heterocycles. The normalized spacial score (nSPS) is 12.2. The fourth-order valence-corrected chi connectivity index (χ4v) is 3.03. The van der Waals surface area contributed by atoms with Crippen molar-refractivity contribution < 1.29 is 28.6 Å². The Morgan fingerprint density at radius 2 is 0.969 bits per heavy atom. The molecule has 0 aromatic carbocycles. The van der Waals surface area contributed by atoms with Crippen molar-refractivity contribution >= 4 is 17.3 Å². The molecule has 0 bridgehead atoms. The van der Waals surface area contributed by atoms with Crippen LogP contribution in [0.15, 0.2) is 0 Å². The Hall–Kier alpha value is -1.11. The molecule has 0 aliphatic rings. The van der Waals surface area contributed by atoms with Gasteiger partial charge in [0.2, 0.25) is 0 Å². The maximum absolute atomic E-state index is 11.8. The summed E-state index contributed by atoms with van der Waals surface area (Å²) in [6.07, 6.45) is 5.89. The lowest BCUT2D eigenvalue weighted by Gasteiger charge is -2.16. The third kappa shape index (κ3) is 20.8. The standard InChI is InChI=1S/C26H48O6/c1-25(2,3)21-23(28)12-8-10-16-31-18-20-32-19-17-30-15-9-7-11-22(27)13-14-24(29)26(4,5)6/h7-21H2,1-6H3. The van der Waals surface area contributed by atoms with Crippen molar-refractivity contribution in [3.63, 3.8) is 0 Å². The average molecular weight is 457 g/mol. The molecule has 6 heteroatoms. The van der Waals surface area contributed by atoms with Gasteiger partial charge in [0.15, 0.2) is 0 Å². The molecule has 6 nitrogen and oxygen atoms in total. The maximum atomic E-state index is 11.8. The SMILES string of the molecule is CC(C)(C)CC(=O)CCCCOCCOCCOCCCCC(=O)CCC(=O)C(C)(C)C. The lowest BCUT2D eigenvalue weighted by atomic mass is 9.87. The third-order valence-corrected chi connectivity index (χ3v) is 4.93. The number of ketones is 3. The van der Waals surface area contributed by atoms with Crippen molar-refractivity contribution in [1.82, 2.24) is 0 Å². The second kappa shape index (κ2) is 17.4. The molecule has 0 atom stereocenters. The van der Waals surface area contributed by atoms with Crippen molar-refractivity contribution in [3.8, 4) is 0 Å². The first-order valence-corrected chi connectivity index (χ1v) is 12.2. The van der Waals surface area contributed by atoms with Gasteiger partial charge in [-0.05, 0) is 31.1 Å². The predicted molar refractivity (Wildman–Crippen MR) is 128 cm³/mol. The molecule has 0 aromatic rings. The topological polar surface area (TPSA) is 78.9 Å². The van der Waals surface area contributed by atoms with Gasteiger partial charge in [-0.25, -0.2) is 0 Å². The van der Waals surface area contributed by atoms with E-state index in [1.54, 1.807) is 0 Å². The highest BCUT2D eigenvalue weighted by molar-refractivity contribution is 5.88. The van der Waals surface area contributed by atoms with Crippen LogP contribution in [-0.2, 0) is 28.6 Å². The third-order valence-electron chi connectivity index (χ3n) is 4.93. The van der Waals surface area contributed by atoms with E-state index in [1.807, 2.05) is 20.8 Å². The summed E-state index contributed by atoms with van der Waals surface area (Å²) in [4.78, 5) is 35.4. The van der Waals surface area contributed by atoms with Gasteiger partial charge >= 0.3 is 0 Å². The van der Waals surface area contributed by atoms with Crippen LogP contribution in [0.5, 0.6) is 0 Å². The molecule has 0 radical (unpaired) electrons. The molecule has 32 heavy (non-hydrogen) atoms. The molecule has 0 heterocycles. The minimum Gasteiger partial charge on any atom is -0.379 e. The zero-order chi connectivity index (χ0) is 24.5. The fourth-order valence-electron chi connectivity index (χ4n) is 3.03. The molecule has 0 aliphatic heterocycles. The van der Waals surface area contributed by atoms with Gasteiger partial charge in [-0.15, -0.1) is 0 Å². The van der Waals surface area contributed by atoms with Crippen molar-refractivity contribution in [2.24, 2.45) is 10.8 Å². The molecule has 0 aliphatic carbocycles. The number of carbonyl (C=O) groups is 3. The molecule has 0 spiro atoms. The highest BCUT2D eigenvalue weighted by Crippen LogP contribution is 2.20. The van der Waals surface area contributed by atoms with Crippen molar-refractivity contribution in [3.05, 3.63) is 0 Å². The minimum absolute atomic E-state index is 0.0715. The zero-order valence-electron chi connectivity index (χ0n) is 21.6. The van der Waals surface area contributed by atoms with Gasteiger partial charge in [-0.1, -0.05) is 41.5 Å². The number of unbranched alkanes of at least 4 members (excludes halogenated alkanes) is 2. The Labute approximate surface area is 196 Å². The van der Waals surface area contributed by atoms with E-state index >= 15 is 0 Å². The van der Waals surface area contributed by atoms with E-state index in [0.29, 0.717) is 77.5 Å². The van der Waals surface area contributed by atoms with E-state index in [0.717, 1.165) is 25.7 Å². The van der Waals surface area contributed by atoms with Crippen LogP contribution < -0.4 is 0 Å². The molecule has 0 fully saturated rings. The van der Waals surface area contributed by atoms with Gasteiger partial charge in [0.25, 0.3) is 0 Å². The number of rotatable bonds is 20. The van der Waals surface area contributed by atoms with Crippen LogP contribution in [0.1, 0.15) is 99.3 Å². The fraction of sp³-hybridized carbons (Fsp3) is 0.885. The molecule has 0 N–H and O–H groups in total. The smallest absolute Gasteiger partial charge is 0.138 e. The van der Waals surface area contributed by atoms with Crippen LogP contribution in [0.2, 0.25) is 0 Å². The molecule has 0 unspecified atom stereocenters. The van der Waals surface area contributed by atoms with E-state index in [2.05, 4.69) is 20.8 Å². The van der Waals surface area contributed by atoms with E-state index in [4.69, 9.17) is 14.2 Å². The molecule has 0 amide bonds. The first-order valence-electron chi connectivity index (χ1n) is 12.2. The monoisotopic (exact) mass is 456 g/mol. The average Bonchev–Trinajstić information content (AvgIpc) is 2.66. The number of ether oxygens (including phenoxy) is 3. The Balaban J connectivity index is 3.34. The molecule has 0 aromatic heterocycles. The lowest BCUT2D eigenvalue weighted by Crippen LogP contribution is -2.20. The Morgan fingerprint density at radius 3 is 1.41 bits per heavy atom. The van der Waals surface area contributed by atoms with Gasteiger partial charge in [-0.2, -0.15) is 0 Å². The number of carbonyl (C=O) groups excluding carboxylic acids is 3. The van der Waals surface area contributed by atoms with E-state index in [-0.39, 0.29) is 22.4 Å². The van der Waals surface area contributed by atoms with Crippen LogP contribution >= 0.6 is 0 Å². The summed E-state index contributed by atoms with van der Waals surface area (Å²) >= 11 is 0. The maximum Gasteiger partial charge on any atom is 0.138 e. The van der Waals surface area contributed by atoms with Crippen LogP contribution in [-0.4, -0.2) is 57.0 Å². The quantitative estimate of drug-likeness (QED) is 0.230. The highest BCUT2D eigenvalue weighted by atomic mass is 16.5. The molecule has 188 valence electrons. The van der Waals surface area contributed by atoms with Crippen molar-refractivity contribution in [1.29, 1.82) is 0 Å². The zero-order valence-corrected chi connectivity index (χ0v) is 21.6. The largest absolute Gasteiger partial charge is 0.379 e. The van der Waals surface area contributed by atoms with E-state index < -0.39 is 0 Å². The van der Waals surface area contributed by atoms with Crippen molar-refractivity contribution in [2.75, 3.05) is 39.6 Å². The second-order valence-electron chi connectivity index (χ2n) is 10.7. The molecule has 0 saturated carbocycles. The lowest BCUT2D eigenvalue weighted by molar-refractivity contribution is -0.129. The van der Waals surface area contributed by atoms with Gasteiger partial charge in [0.05, 0.1) is 26.4 Å². The van der Waals surface area contributed by atoms with E-state index in [9.17, 15) is 14.4 Å². The number of hydrogen-bond donors (Lipinski definition) is 0. The Morgan fingerprint density at radius 1 is 0.531 bits per heavy atom. The number of Topliss-reactive ketones (excluding diaryl/α,β-unsaturated/α-hetero) is 3. The summed E-state index contributed by atoms with van der Waals surface area (Å²) in [7, 11) is 0. The van der Waals surface area contributed by atoms with Crippen molar-refractivity contribution in [2.45, 2.75) is 99.3 Å². The van der Waals surface area contributed by atoms with Gasteiger partial charge in [-0.3, -0.25) is 14.4 Å². The molecule has 0 rings (SSSR count). The Kier molecular flexibility index (Phi) is 16.8. The van der Waals surface area contributed by atoms with Crippen LogP contribution in [0.3, 0.4) is 0 Å². The summed E-state index contributed by atoms with van der Waals surface area (Å²) in [5.74, 6) is 0.630. The summed E-state index contributed by atoms with van der Waals surface area (Å²) in [6.45, 7) is 15.3. The van der Waals surface area contributed by atoms with Crippen LogP contribution in [0.25, 0.3) is 0 Å².